The number of guanidine groups is 1. The van der Waals surface area contributed by atoms with Gasteiger partial charge in [0.1, 0.15) is 11.6 Å². The van der Waals surface area contributed by atoms with Crippen LogP contribution >= 0.6 is 0 Å². The van der Waals surface area contributed by atoms with Crippen molar-refractivity contribution in [3.05, 3.63) is 70.8 Å². The Balaban J connectivity index is 1.84. The first-order chi connectivity index (χ1) is 15.4. The van der Waals surface area contributed by atoms with Crippen molar-refractivity contribution < 1.29 is 18.4 Å². The van der Waals surface area contributed by atoms with Gasteiger partial charge in [-0.3, -0.25) is 14.5 Å². The molecule has 0 saturated heterocycles. The maximum atomic E-state index is 14.5. The predicted molar refractivity (Wildman–Crippen MR) is 123 cm³/mol. The third-order valence-corrected chi connectivity index (χ3v) is 6.41. The van der Waals surface area contributed by atoms with E-state index < -0.39 is 29.3 Å². The maximum absolute atomic E-state index is 14.5. The number of hydrogen-bond donors (Lipinski definition) is 2. The molecular weight excluding hydrogens is 426 g/mol. The van der Waals surface area contributed by atoms with Gasteiger partial charge in [0, 0.05) is 5.56 Å². The van der Waals surface area contributed by atoms with Crippen LogP contribution in [0.4, 0.5) is 8.78 Å². The monoisotopic (exact) mass is 456 g/mol. The Hall–Kier alpha value is -3.29. The fourth-order valence-electron chi connectivity index (χ4n) is 3.87. The number of nitrogens with two attached hydrogens (primary N) is 1. The van der Waals surface area contributed by atoms with E-state index in [2.05, 4.69) is 10.3 Å². The van der Waals surface area contributed by atoms with Crippen LogP contribution in [0.25, 0.3) is 0 Å². The number of amides is 2. The number of nitrogens with one attached hydrogen (secondary N) is 1. The number of aliphatic imine (C=N–C) groups is 1. The van der Waals surface area contributed by atoms with E-state index in [0.717, 1.165) is 6.07 Å². The molecule has 176 valence electrons. The van der Waals surface area contributed by atoms with Gasteiger partial charge >= 0.3 is 0 Å². The average molecular weight is 457 g/mol. The van der Waals surface area contributed by atoms with Crippen LogP contribution in [0.1, 0.15) is 74.6 Å². The molecule has 2 aromatic carbocycles. The molecule has 0 aliphatic carbocycles. The second-order valence-electron chi connectivity index (χ2n) is 9.12. The summed E-state index contributed by atoms with van der Waals surface area (Å²) in [5.74, 6) is -1.47. The molecule has 0 spiro atoms. The number of benzene rings is 2. The summed E-state index contributed by atoms with van der Waals surface area (Å²) in [5.41, 5.74) is 6.80. The van der Waals surface area contributed by atoms with Gasteiger partial charge in [0.15, 0.2) is 5.96 Å². The zero-order valence-electron chi connectivity index (χ0n) is 19.5. The van der Waals surface area contributed by atoms with Crippen LogP contribution in [0.15, 0.2) is 47.5 Å². The highest BCUT2D eigenvalue weighted by Crippen LogP contribution is 2.33. The summed E-state index contributed by atoms with van der Waals surface area (Å²) in [6.45, 7) is 9.32. The molecule has 1 aliphatic rings. The predicted octanol–water partition coefficient (Wildman–Crippen LogP) is 4.48. The lowest BCUT2D eigenvalue weighted by molar-refractivity contribution is -0.131. The van der Waals surface area contributed by atoms with Crippen molar-refractivity contribution in [2.45, 2.75) is 58.7 Å². The van der Waals surface area contributed by atoms with E-state index in [1.807, 2.05) is 20.8 Å². The second-order valence-corrected chi connectivity index (χ2v) is 9.12. The van der Waals surface area contributed by atoms with E-state index in [1.165, 1.54) is 29.2 Å². The first kappa shape index (κ1) is 24.4. The van der Waals surface area contributed by atoms with Gasteiger partial charge in [-0.25, -0.2) is 13.8 Å². The first-order valence-corrected chi connectivity index (χ1v) is 11.0. The van der Waals surface area contributed by atoms with Crippen LogP contribution in [0, 0.1) is 17.6 Å². The average Bonchev–Trinajstić information content (AvgIpc) is 2.72. The van der Waals surface area contributed by atoms with E-state index in [9.17, 15) is 18.4 Å². The standard InChI is InChI=1S/C25H30F2N4O2/c1-14(2)25(5)13-22(32)31(24(28)30-25)16(4)18-10-19(12-21(27)11-18)23(33)29-15(3)17-6-8-20(26)9-7-17/h6-12,14-16H,13H2,1-5H3,(H2,28,30)(H,29,33)/t15-,16+,25-/m0/s1. The molecule has 8 heteroatoms. The van der Waals surface area contributed by atoms with Gasteiger partial charge in [0.05, 0.1) is 24.0 Å². The Labute approximate surface area is 192 Å². The number of hydrogen-bond acceptors (Lipinski definition) is 4. The van der Waals surface area contributed by atoms with Gasteiger partial charge in [-0.05, 0) is 68.1 Å². The minimum Gasteiger partial charge on any atom is -0.369 e. The minimum atomic E-state index is -0.616. The molecule has 2 aromatic rings. The molecule has 2 amide bonds. The zero-order chi connectivity index (χ0) is 24.5. The third kappa shape index (κ3) is 5.21. The SMILES string of the molecule is CC(C)[C@]1(C)CC(=O)N([C@H](C)c2cc(F)cc(C(=O)N[C@@H](C)c3ccc(F)cc3)c2)C(N)=N1. The molecular formula is C25H30F2N4O2. The smallest absolute Gasteiger partial charge is 0.251 e. The molecule has 3 atom stereocenters. The van der Waals surface area contributed by atoms with Crippen molar-refractivity contribution in [2.75, 3.05) is 0 Å². The Kier molecular flexibility index (Phi) is 6.86. The van der Waals surface area contributed by atoms with Gasteiger partial charge < -0.3 is 11.1 Å². The summed E-state index contributed by atoms with van der Waals surface area (Å²) in [6.07, 6.45) is 0.188. The van der Waals surface area contributed by atoms with Gasteiger partial charge in [0.25, 0.3) is 5.91 Å². The lowest BCUT2D eigenvalue weighted by Crippen LogP contribution is -2.53. The van der Waals surface area contributed by atoms with Gasteiger partial charge in [-0.15, -0.1) is 0 Å². The number of halogens is 2. The fourth-order valence-corrected chi connectivity index (χ4v) is 3.87. The lowest BCUT2D eigenvalue weighted by Gasteiger charge is -2.40. The van der Waals surface area contributed by atoms with Gasteiger partial charge in [0.2, 0.25) is 5.91 Å². The van der Waals surface area contributed by atoms with Crippen LogP contribution in [0.3, 0.4) is 0 Å². The molecule has 3 rings (SSSR count). The van der Waals surface area contributed by atoms with E-state index >= 15 is 0 Å². The Morgan fingerprint density at radius 3 is 2.27 bits per heavy atom. The number of carbonyl (C=O) groups is 2. The van der Waals surface area contributed by atoms with Crippen LogP contribution in [0.2, 0.25) is 0 Å². The van der Waals surface area contributed by atoms with Crippen LogP contribution in [0.5, 0.6) is 0 Å². The van der Waals surface area contributed by atoms with Crippen LogP contribution < -0.4 is 11.1 Å². The van der Waals surface area contributed by atoms with Crippen molar-refractivity contribution in [1.82, 2.24) is 10.2 Å². The molecule has 1 aliphatic heterocycles. The highest BCUT2D eigenvalue weighted by Gasteiger charge is 2.40. The van der Waals surface area contributed by atoms with Crippen LogP contribution in [-0.2, 0) is 4.79 Å². The largest absolute Gasteiger partial charge is 0.369 e. The molecule has 0 radical (unpaired) electrons. The summed E-state index contributed by atoms with van der Waals surface area (Å²) < 4.78 is 27.6. The molecule has 0 unspecified atom stereocenters. The number of carbonyl (C=O) groups excluding carboxylic acids is 2. The van der Waals surface area contributed by atoms with Crippen molar-refractivity contribution in [1.29, 1.82) is 0 Å². The Morgan fingerprint density at radius 1 is 1.06 bits per heavy atom. The molecule has 0 fully saturated rings. The van der Waals surface area contributed by atoms with Crippen molar-refractivity contribution in [2.24, 2.45) is 16.6 Å². The number of nitrogens with zero attached hydrogens (tertiary/aromatic N) is 2. The van der Waals surface area contributed by atoms with Crippen molar-refractivity contribution in [3.8, 4) is 0 Å². The topological polar surface area (TPSA) is 87.8 Å². The summed E-state index contributed by atoms with van der Waals surface area (Å²) in [6, 6.07) is 8.70. The minimum absolute atomic E-state index is 0.0788. The fraction of sp³-hybridized carbons (Fsp3) is 0.400. The highest BCUT2D eigenvalue weighted by molar-refractivity contribution is 5.99. The molecule has 0 bridgehead atoms. The van der Waals surface area contributed by atoms with Gasteiger partial charge in [-0.2, -0.15) is 0 Å². The van der Waals surface area contributed by atoms with Crippen LogP contribution in [-0.4, -0.2) is 28.2 Å². The molecule has 33 heavy (non-hydrogen) atoms. The Morgan fingerprint density at radius 2 is 1.70 bits per heavy atom. The lowest BCUT2D eigenvalue weighted by atomic mass is 9.84. The zero-order valence-corrected chi connectivity index (χ0v) is 19.5. The van der Waals surface area contributed by atoms with E-state index in [-0.39, 0.29) is 35.6 Å². The molecule has 1 heterocycles. The van der Waals surface area contributed by atoms with E-state index in [0.29, 0.717) is 11.1 Å². The quantitative estimate of drug-likeness (QED) is 0.672. The van der Waals surface area contributed by atoms with E-state index in [4.69, 9.17) is 5.73 Å². The first-order valence-electron chi connectivity index (χ1n) is 11.0. The molecule has 0 saturated carbocycles. The maximum Gasteiger partial charge on any atom is 0.251 e. The summed E-state index contributed by atoms with van der Waals surface area (Å²) in [7, 11) is 0. The van der Waals surface area contributed by atoms with E-state index in [1.54, 1.807) is 26.0 Å². The van der Waals surface area contributed by atoms with Crippen molar-refractivity contribution >= 4 is 17.8 Å². The number of rotatable bonds is 6. The summed E-state index contributed by atoms with van der Waals surface area (Å²) >= 11 is 0. The Bertz CT molecular complexity index is 1080. The molecule has 0 aromatic heterocycles. The summed E-state index contributed by atoms with van der Waals surface area (Å²) in [5, 5.41) is 2.79. The molecule has 6 nitrogen and oxygen atoms in total. The molecule has 3 N–H and O–H groups in total. The second kappa shape index (κ2) is 9.29. The third-order valence-electron chi connectivity index (χ3n) is 6.41. The highest BCUT2D eigenvalue weighted by atomic mass is 19.1. The normalized spacial score (nSPS) is 20.4. The van der Waals surface area contributed by atoms with Gasteiger partial charge in [-0.1, -0.05) is 26.0 Å². The summed E-state index contributed by atoms with van der Waals surface area (Å²) in [4.78, 5) is 31.6. The van der Waals surface area contributed by atoms with Crippen molar-refractivity contribution in [3.63, 3.8) is 0 Å².